The molecule has 0 spiro atoms. The third-order valence-electron chi connectivity index (χ3n) is 8.93. The van der Waals surface area contributed by atoms with Crippen LogP contribution in [0.15, 0.2) is 158 Å². The van der Waals surface area contributed by atoms with Crippen molar-refractivity contribution in [3.63, 3.8) is 0 Å². The van der Waals surface area contributed by atoms with E-state index in [0.717, 1.165) is 22.3 Å². The Kier molecular flexibility index (Phi) is 6.96. The Labute approximate surface area is 269 Å². The number of pyridine rings is 2. The Balaban J connectivity index is 1.46. The van der Waals surface area contributed by atoms with Gasteiger partial charge in [0.2, 0.25) is 0 Å². The summed E-state index contributed by atoms with van der Waals surface area (Å²) in [4.78, 5) is 9.00. The lowest BCUT2D eigenvalue weighted by atomic mass is 9.86. The van der Waals surface area contributed by atoms with Crippen molar-refractivity contribution in [1.29, 1.82) is 0 Å². The number of benzene rings is 6. The molecule has 8 rings (SSSR count). The molecule has 218 valence electrons. The summed E-state index contributed by atoms with van der Waals surface area (Å²) >= 11 is 0. The average molecular weight is 589 g/mol. The molecule has 2 heteroatoms. The minimum absolute atomic E-state index is 1.10. The maximum Gasteiger partial charge on any atom is 0.0346 e. The molecular weight excluding hydrogens is 556 g/mol. The van der Waals surface area contributed by atoms with Gasteiger partial charge in [0.25, 0.3) is 0 Å². The van der Waals surface area contributed by atoms with Crippen LogP contribution in [0.1, 0.15) is 11.1 Å². The number of nitrogens with zero attached hydrogens (tertiary/aromatic N) is 2. The SMILES string of the molecule is Cc1cccc(-c2cccc3c(-c4cccnc4)cc(-c4cc(-c5cccnc5)c5cccc(-c6cccc(C)c6)c5c4)cc23)c1. The van der Waals surface area contributed by atoms with Crippen molar-refractivity contribution in [2.24, 2.45) is 0 Å². The largest absolute Gasteiger partial charge is 0.264 e. The molecular formula is C44H32N2. The fourth-order valence-electron chi connectivity index (χ4n) is 6.76. The smallest absolute Gasteiger partial charge is 0.0346 e. The summed E-state index contributed by atoms with van der Waals surface area (Å²) in [7, 11) is 0. The van der Waals surface area contributed by atoms with Gasteiger partial charge in [-0.1, -0.05) is 108 Å². The third kappa shape index (κ3) is 5.04. The first kappa shape index (κ1) is 27.7. The number of fused-ring (bicyclic) bond motifs is 2. The molecule has 0 saturated carbocycles. The van der Waals surface area contributed by atoms with Crippen molar-refractivity contribution in [3.05, 3.63) is 169 Å². The van der Waals surface area contributed by atoms with Gasteiger partial charge in [-0.2, -0.15) is 0 Å². The highest BCUT2D eigenvalue weighted by molar-refractivity contribution is 6.10. The van der Waals surface area contributed by atoms with Gasteiger partial charge in [0.1, 0.15) is 0 Å². The number of hydrogen-bond acceptors (Lipinski definition) is 2. The lowest BCUT2D eigenvalue weighted by Crippen LogP contribution is -1.92. The van der Waals surface area contributed by atoms with Crippen LogP contribution in [0.3, 0.4) is 0 Å². The molecule has 46 heavy (non-hydrogen) atoms. The molecule has 0 aliphatic heterocycles. The molecule has 0 aliphatic carbocycles. The predicted molar refractivity (Wildman–Crippen MR) is 194 cm³/mol. The highest BCUT2D eigenvalue weighted by Gasteiger charge is 2.16. The van der Waals surface area contributed by atoms with Gasteiger partial charge in [0.05, 0.1) is 0 Å². The molecule has 2 nitrogen and oxygen atoms in total. The lowest BCUT2D eigenvalue weighted by Gasteiger charge is -2.17. The Morgan fingerprint density at radius 3 is 1.17 bits per heavy atom. The van der Waals surface area contributed by atoms with Crippen molar-refractivity contribution in [3.8, 4) is 55.6 Å². The van der Waals surface area contributed by atoms with Crippen LogP contribution in [-0.2, 0) is 0 Å². The zero-order chi connectivity index (χ0) is 31.0. The summed E-state index contributed by atoms with van der Waals surface area (Å²) in [5.41, 5.74) is 14.3. The van der Waals surface area contributed by atoms with Gasteiger partial charge in [0, 0.05) is 35.9 Å². The predicted octanol–water partition coefficient (Wildman–Crippen LogP) is 11.7. The second-order valence-corrected chi connectivity index (χ2v) is 12.1. The van der Waals surface area contributed by atoms with Gasteiger partial charge >= 0.3 is 0 Å². The van der Waals surface area contributed by atoms with E-state index in [4.69, 9.17) is 0 Å². The average Bonchev–Trinajstić information content (AvgIpc) is 3.11. The second kappa shape index (κ2) is 11.6. The third-order valence-corrected chi connectivity index (χ3v) is 8.93. The van der Waals surface area contributed by atoms with E-state index in [9.17, 15) is 0 Å². The van der Waals surface area contributed by atoms with Crippen LogP contribution in [0.5, 0.6) is 0 Å². The minimum Gasteiger partial charge on any atom is -0.264 e. The van der Waals surface area contributed by atoms with E-state index in [1.807, 2.05) is 36.9 Å². The van der Waals surface area contributed by atoms with Crippen molar-refractivity contribution in [2.45, 2.75) is 13.8 Å². The van der Waals surface area contributed by atoms with E-state index >= 15 is 0 Å². The Morgan fingerprint density at radius 2 is 0.761 bits per heavy atom. The summed E-state index contributed by atoms with van der Waals surface area (Å²) in [6.07, 6.45) is 7.61. The lowest BCUT2D eigenvalue weighted by molar-refractivity contribution is 1.33. The van der Waals surface area contributed by atoms with Crippen molar-refractivity contribution in [1.82, 2.24) is 9.97 Å². The molecule has 2 aromatic heterocycles. The van der Waals surface area contributed by atoms with Crippen molar-refractivity contribution < 1.29 is 0 Å². The molecule has 2 heterocycles. The van der Waals surface area contributed by atoms with E-state index in [1.165, 1.54) is 66.1 Å². The number of rotatable bonds is 5. The highest BCUT2D eigenvalue weighted by atomic mass is 14.6. The number of aryl methyl sites for hydroxylation is 2. The van der Waals surface area contributed by atoms with Crippen LogP contribution in [0.4, 0.5) is 0 Å². The zero-order valence-electron chi connectivity index (χ0n) is 25.9. The van der Waals surface area contributed by atoms with Crippen LogP contribution >= 0.6 is 0 Å². The molecule has 0 fully saturated rings. The Morgan fingerprint density at radius 1 is 0.326 bits per heavy atom. The van der Waals surface area contributed by atoms with E-state index in [-0.39, 0.29) is 0 Å². The Hall–Kier alpha value is -5.86. The fourth-order valence-corrected chi connectivity index (χ4v) is 6.76. The molecule has 0 N–H and O–H groups in total. The summed E-state index contributed by atoms with van der Waals surface area (Å²) in [5.74, 6) is 0. The van der Waals surface area contributed by atoms with Crippen LogP contribution < -0.4 is 0 Å². The number of hydrogen-bond donors (Lipinski definition) is 0. The quantitative estimate of drug-likeness (QED) is 0.200. The zero-order valence-corrected chi connectivity index (χ0v) is 25.9. The van der Waals surface area contributed by atoms with E-state index in [0.29, 0.717) is 0 Å². The second-order valence-electron chi connectivity index (χ2n) is 12.1. The maximum absolute atomic E-state index is 4.50. The van der Waals surface area contributed by atoms with Gasteiger partial charge in [-0.15, -0.1) is 0 Å². The van der Waals surface area contributed by atoms with Crippen LogP contribution in [-0.4, -0.2) is 9.97 Å². The van der Waals surface area contributed by atoms with Gasteiger partial charge in [0.15, 0.2) is 0 Å². The first-order valence-electron chi connectivity index (χ1n) is 15.7. The van der Waals surface area contributed by atoms with Crippen molar-refractivity contribution >= 4 is 21.5 Å². The topological polar surface area (TPSA) is 25.8 Å². The molecule has 0 aliphatic rings. The monoisotopic (exact) mass is 588 g/mol. The summed E-state index contributed by atoms with van der Waals surface area (Å²) < 4.78 is 0. The van der Waals surface area contributed by atoms with Crippen LogP contribution in [0.2, 0.25) is 0 Å². The van der Waals surface area contributed by atoms with E-state index in [1.54, 1.807) is 0 Å². The van der Waals surface area contributed by atoms with Gasteiger partial charge < -0.3 is 0 Å². The number of aromatic nitrogens is 2. The molecule has 0 radical (unpaired) electrons. The maximum atomic E-state index is 4.50. The van der Waals surface area contributed by atoms with Crippen molar-refractivity contribution in [2.75, 3.05) is 0 Å². The molecule has 0 unspecified atom stereocenters. The summed E-state index contributed by atoms with van der Waals surface area (Å²) in [6.45, 7) is 4.31. The van der Waals surface area contributed by atoms with E-state index < -0.39 is 0 Å². The van der Waals surface area contributed by atoms with E-state index in [2.05, 4.69) is 145 Å². The van der Waals surface area contributed by atoms with Crippen LogP contribution in [0.25, 0.3) is 77.2 Å². The molecule has 0 saturated heterocycles. The first-order chi connectivity index (χ1) is 22.6. The minimum atomic E-state index is 1.10. The molecule has 0 atom stereocenters. The normalized spacial score (nSPS) is 11.3. The Bertz CT molecular complexity index is 2200. The molecule has 8 aromatic rings. The summed E-state index contributed by atoms with van der Waals surface area (Å²) in [5, 5.41) is 4.87. The summed E-state index contributed by atoms with van der Waals surface area (Å²) in [6, 6.07) is 48.6. The fraction of sp³-hybridized carbons (Fsp3) is 0.0455. The van der Waals surface area contributed by atoms with Crippen LogP contribution in [0, 0.1) is 13.8 Å². The first-order valence-corrected chi connectivity index (χ1v) is 15.7. The van der Waals surface area contributed by atoms with Gasteiger partial charge in [-0.05, 0) is 116 Å². The molecule has 0 bridgehead atoms. The molecule has 0 amide bonds. The van der Waals surface area contributed by atoms with Gasteiger partial charge in [-0.25, -0.2) is 0 Å². The van der Waals surface area contributed by atoms with Gasteiger partial charge in [-0.3, -0.25) is 9.97 Å². The standard InChI is InChI=1S/C44H32N2/c1-29-9-3-11-31(21-29)37-15-5-17-39-41(33-13-7-19-45-27-33)23-35(25-43(37)39)36-24-42(34-14-8-20-46-28-34)40-18-6-16-38(44(40)26-36)32-12-4-10-30(2)22-32/h3-28H,1-2H3. The highest BCUT2D eigenvalue weighted by Crippen LogP contribution is 2.42. The molecule has 6 aromatic carbocycles.